The Morgan fingerprint density at radius 1 is 0.262 bits per heavy atom. The minimum atomic E-state index is 0.627. The Kier molecular flexibility index (Phi) is 9.14. The van der Waals surface area contributed by atoms with E-state index in [-0.39, 0.29) is 0 Å². The zero-order chi connectivity index (χ0) is 40.5. The maximum atomic E-state index is 5.08. The van der Waals surface area contributed by atoms with Crippen LogP contribution in [0.5, 0.6) is 0 Å². The summed E-state index contributed by atoms with van der Waals surface area (Å²) in [6.07, 6.45) is 0. The van der Waals surface area contributed by atoms with Crippen LogP contribution in [0.25, 0.3) is 106 Å². The third-order valence-corrected chi connectivity index (χ3v) is 11.4. The van der Waals surface area contributed by atoms with Gasteiger partial charge in [0.25, 0.3) is 0 Å². The fraction of sp³-hybridized carbons (Fsp3) is 0. The van der Waals surface area contributed by atoms with Crippen molar-refractivity contribution >= 4 is 21.8 Å². The lowest BCUT2D eigenvalue weighted by Gasteiger charge is -2.14. The van der Waals surface area contributed by atoms with E-state index < -0.39 is 0 Å². The highest BCUT2D eigenvalue weighted by Crippen LogP contribution is 2.42. The molecule has 0 aliphatic carbocycles. The monoisotopic (exact) mass is 778 g/mol. The van der Waals surface area contributed by atoms with Gasteiger partial charge < -0.3 is 4.57 Å². The second kappa shape index (κ2) is 15.5. The normalized spacial score (nSPS) is 11.3. The van der Waals surface area contributed by atoms with Gasteiger partial charge in [-0.2, -0.15) is 0 Å². The van der Waals surface area contributed by atoms with Crippen molar-refractivity contribution in [1.29, 1.82) is 0 Å². The van der Waals surface area contributed by atoms with Gasteiger partial charge in [0.2, 0.25) is 0 Å². The molecule has 9 aromatic carbocycles. The first kappa shape index (κ1) is 35.9. The first-order valence-corrected chi connectivity index (χ1v) is 20.6. The SMILES string of the molecule is c1ccc(-c2cc(-c3ccccc3)cc(-n3c4ccc(-c5ccccc5)cc4c4c(-c5cccc(-c6nc(-c7ccccc7)nc(-c7ccccc7)n6)c5)cccc43)c2)cc1. The number of nitrogens with zero attached hydrogens (tertiary/aromatic N) is 4. The van der Waals surface area contributed by atoms with E-state index in [2.05, 4.69) is 174 Å². The number of aromatic nitrogens is 4. The summed E-state index contributed by atoms with van der Waals surface area (Å²) in [4.78, 5) is 15.1. The second-order valence-electron chi connectivity index (χ2n) is 15.3. The van der Waals surface area contributed by atoms with E-state index >= 15 is 0 Å². The first-order valence-electron chi connectivity index (χ1n) is 20.6. The third-order valence-electron chi connectivity index (χ3n) is 11.4. The Hall–Kier alpha value is -8.21. The molecule has 0 aliphatic rings. The van der Waals surface area contributed by atoms with E-state index in [1.54, 1.807) is 0 Å². The van der Waals surface area contributed by atoms with Crippen LogP contribution in [0.2, 0.25) is 0 Å². The lowest BCUT2D eigenvalue weighted by Crippen LogP contribution is -2.00. The summed E-state index contributed by atoms with van der Waals surface area (Å²) in [6, 6.07) is 81.4. The fourth-order valence-electron chi connectivity index (χ4n) is 8.50. The molecule has 61 heavy (non-hydrogen) atoms. The summed E-state index contributed by atoms with van der Waals surface area (Å²) in [5.41, 5.74) is 15.4. The number of hydrogen-bond donors (Lipinski definition) is 0. The van der Waals surface area contributed by atoms with Crippen molar-refractivity contribution in [3.63, 3.8) is 0 Å². The van der Waals surface area contributed by atoms with Gasteiger partial charge in [0.15, 0.2) is 17.5 Å². The zero-order valence-corrected chi connectivity index (χ0v) is 33.2. The van der Waals surface area contributed by atoms with Crippen LogP contribution in [0, 0.1) is 0 Å². The maximum absolute atomic E-state index is 5.08. The molecule has 286 valence electrons. The molecule has 4 heteroatoms. The average Bonchev–Trinajstić information content (AvgIpc) is 3.69. The molecule has 0 aliphatic heterocycles. The summed E-state index contributed by atoms with van der Waals surface area (Å²) in [5, 5.41) is 2.37. The number of benzene rings is 9. The number of rotatable bonds is 8. The van der Waals surface area contributed by atoms with Crippen LogP contribution in [0.4, 0.5) is 0 Å². The topological polar surface area (TPSA) is 43.6 Å². The van der Waals surface area contributed by atoms with Crippen LogP contribution in [-0.4, -0.2) is 19.5 Å². The molecule has 0 saturated heterocycles. The standard InChI is InChI=1S/C57H38N4/c1-6-18-39(19-7-1)44-32-33-52-51(38-44)54-50(30-17-31-53(54)61(52)49-36-47(40-20-8-2-9-21-40)35-48(37-49)41-22-10-3-11-23-41)45-28-16-29-46(34-45)57-59-55(42-24-12-4-13-25-42)58-56(60-57)43-26-14-5-15-27-43/h1-38H. The van der Waals surface area contributed by atoms with Crippen molar-refractivity contribution in [3.8, 4) is 84.4 Å². The van der Waals surface area contributed by atoms with Crippen molar-refractivity contribution in [2.24, 2.45) is 0 Å². The van der Waals surface area contributed by atoms with Crippen molar-refractivity contribution in [2.75, 3.05) is 0 Å². The van der Waals surface area contributed by atoms with E-state index in [1.165, 1.54) is 44.2 Å². The summed E-state index contributed by atoms with van der Waals surface area (Å²) in [7, 11) is 0. The minimum Gasteiger partial charge on any atom is -0.309 e. The Morgan fingerprint density at radius 3 is 1.23 bits per heavy atom. The van der Waals surface area contributed by atoms with Crippen LogP contribution >= 0.6 is 0 Å². The van der Waals surface area contributed by atoms with Gasteiger partial charge in [0.1, 0.15) is 0 Å². The molecule has 0 saturated carbocycles. The van der Waals surface area contributed by atoms with Gasteiger partial charge in [-0.3, -0.25) is 0 Å². The van der Waals surface area contributed by atoms with E-state index in [4.69, 9.17) is 15.0 Å². The lowest BCUT2D eigenvalue weighted by molar-refractivity contribution is 1.07. The molecule has 0 unspecified atom stereocenters. The van der Waals surface area contributed by atoms with Crippen molar-refractivity contribution in [3.05, 3.63) is 231 Å². The van der Waals surface area contributed by atoms with Crippen molar-refractivity contribution in [2.45, 2.75) is 0 Å². The third kappa shape index (κ3) is 6.86. The van der Waals surface area contributed by atoms with Gasteiger partial charge in [-0.25, -0.2) is 15.0 Å². The smallest absolute Gasteiger partial charge is 0.164 e. The van der Waals surface area contributed by atoms with Crippen molar-refractivity contribution < 1.29 is 0 Å². The summed E-state index contributed by atoms with van der Waals surface area (Å²) < 4.78 is 2.44. The number of fused-ring (bicyclic) bond motifs is 3. The van der Waals surface area contributed by atoms with Crippen LogP contribution in [0.3, 0.4) is 0 Å². The highest BCUT2D eigenvalue weighted by Gasteiger charge is 2.20. The fourth-order valence-corrected chi connectivity index (χ4v) is 8.50. The molecule has 0 spiro atoms. The summed E-state index contributed by atoms with van der Waals surface area (Å²) in [6.45, 7) is 0. The molecule has 0 N–H and O–H groups in total. The molecule has 0 radical (unpaired) electrons. The molecule has 0 atom stereocenters. The molecule has 2 aromatic heterocycles. The Labute approximate surface area is 354 Å². The quantitative estimate of drug-likeness (QED) is 0.154. The molecule has 11 rings (SSSR count). The van der Waals surface area contributed by atoms with Gasteiger partial charge in [-0.1, -0.05) is 188 Å². The number of hydrogen-bond acceptors (Lipinski definition) is 3. The van der Waals surface area contributed by atoms with E-state index in [0.29, 0.717) is 17.5 Å². The zero-order valence-electron chi connectivity index (χ0n) is 33.2. The molecule has 4 nitrogen and oxygen atoms in total. The Bertz CT molecular complexity index is 3210. The van der Waals surface area contributed by atoms with Crippen LogP contribution in [-0.2, 0) is 0 Å². The van der Waals surface area contributed by atoms with E-state index in [1.807, 2.05) is 60.7 Å². The largest absolute Gasteiger partial charge is 0.309 e. The van der Waals surface area contributed by atoms with Gasteiger partial charge in [-0.15, -0.1) is 0 Å². The molecular formula is C57H38N4. The summed E-state index contributed by atoms with van der Waals surface area (Å²) in [5.74, 6) is 1.91. The molecule has 0 amide bonds. The predicted molar refractivity (Wildman–Crippen MR) is 252 cm³/mol. The maximum Gasteiger partial charge on any atom is 0.164 e. The van der Waals surface area contributed by atoms with E-state index in [0.717, 1.165) is 44.5 Å². The van der Waals surface area contributed by atoms with E-state index in [9.17, 15) is 0 Å². The van der Waals surface area contributed by atoms with Gasteiger partial charge in [0.05, 0.1) is 11.0 Å². The molecule has 2 heterocycles. The minimum absolute atomic E-state index is 0.627. The first-order chi connectivity index (χ1) is 30.2. The van der Waals surface area contributed by atoms with Crippen LogP contribution in [0.15, 0.2) is 231 Å². The van der Waals surface area contributed by atoms with Gasteiger partial charge in [-0.05, 0) is 87.0 Å². The summed E-state index contributed by atoms with van der Waals surface area (Å²) >= 11 is 0. The van der Waals surface area contributed by atoms with Crippen molar-refractivity contribution in [1.82, 2.24) is 19.5 Å². The van der Waals surface area contributed by atoms with Gasteiger partial charge >= 0.3 is 0 Å². The Balaban J connectivity index is 1.14. The molecule has 0 bridgehead atoms. The second-order valence-corrected chi connectivity index (χ2v) is 15.3. The molecular weight excluding hydrogens is 741 g/mol. The molecule has 11 aromatic rings. The molecule has 0 fully saturated rings. The predicted octanol–water partition coefficient (Wildman–Crippen LogP) is 14.6. The lowest BCUT2D eigenvalue weighted by atomic mass is 9.96. The Morgan fingerprint density at radius 2 is 0.689 bits per heavy atom. The highest BCUT2D eigenvalue weighted by molar-refractivity contribution is 6.16. The average molecular weight is 779 g/mol. The van der Waals surface area contributed by atoms with Crippen LogP contribution < -0.4 is 0 Å². The van der Waals surface area contributed by atoms with Gasteiger partial charge in [0, 0.05) is 33.2 Å². The highest BCUT2D eigenvalue weighted by atomic mass is 15.0. The van der Waals surface area contributed by atoms with Crippen LogP contribution in [0.1, 0.15) is 0 Å².